The van der Waals surface area contributed by atoms with Crippen molar-refractivity contribution in [3.63, 3.8) is 0 Å². The Morgan fingerprint density at radius 1 is 1.11 bits per heavy atom. The lowest BCUT2D eigenvalue weighted by Crippen LogP contribution is -2.12. The summed E-state index contributed by atoms with van der Waals surface area (Å²) in [6.07, 6.45) is -2.84. The van der Waals surface area contributed by atoms with Gasteiger partial charge in [0.25, 0.3) is 6.43 Å². The number of rotatable bonds is 4. The van der Waals surface area contributed by atoms with Crippen LogP contribution in [0.2, 0.25) is 0 Å². The Morgan fingerprint density at radius 2 is 1.82 bits per heavy atom. The van der Waals surface area contributed by atoms with Gasteiger partial charge < -0.3 is 4.98 Å². The molecule has 0 radical (unpaired) electrons. The number of H-pyrrole nitrogens is 1. The van der Waals surface area contributed by atoms with Gasteiger partial charge in [0.05, 0.1) is 16.1 Å². The molecule has 0 aliphatic carbocycles. The molecule has 0 spiro atoms. The van der Waals surface area contributed by atoms with Crippen molar-refractivity contribution >= 4 is 21.1 Å². The molecule has 0 aliphatic heterocycles. The van der Waals surface area contributed by atoms with Gasteiger partial charge in [-0.1, -0.05) is 6.07 Å². The second-order valence-corrected chi connectivity index (χ2v) is 7.49. The number of halogens is 3. The van der Waals surface area contributed by atoms with E-state index in [0.717, 1.165) is 6.07 Å². The van der Waals surface area contributed by atoms with Gasteiger partial charge in [0.2, 0.25) is 10.0 Å². The van der Waals surface area contributed by atoms with E-state index < -0.39 is 28.0 Å². The van der Waals surface area contributed by atoms with Crippen molar-refractivity contribution in [3.8, 4) is 17.2 Å². The summed E-state index contributed by atoms with van der Waals surface area (Å²) in [5.41, 5.74) is 0.412. The van der Waals surface area contributed by atoms with E-state index in [2.05, 4.69) is 15.1 Å². The molecule has 28 heavy (non-hydrogen) atoms. The average molecular weight is 407 g/mol. The Morgan fingerprint density at radius 3 is 2.43 bits per heavy atom. The first-order valence-corrected chi connectivity index (χ1v) is 9.44. The molecule has 0 unspecified atom stereocenters. The monoisotopic (exact) mass is 407 g/mol. The molecule has 0 amide bonds. The molecule has 2 heterocycles. The first-order chi connectivity index (χ1) is 13.2. The maximum atomic E-state index is 13.9. The lowest BCUT2D eigenvalue weighted by molar-refractivity contribution is 0.145. The summed E-state index contributed by atoms with van der Waals surface area (Å²) < 4.78 is 64.3. The number of alkyl halides is 2. The Bertz CT molecular complexity index is 1280. The number of fused-ring (bicyclic) bond motifs is 1. The van der Waals surface area contributed by atoms with Crippen LogP contribution in [0.1, 0.15) is 12.1 Å². The van der Waals surface area contributed by atoms with Gasteiger partial charge >= 0.3 is 0 Å². The van der Waals surface area contributed by atoms with E-state index in [-0.39, 0.29) is 21.9 Å². The quantitative estimate of drug-likeness (QED) is 0.542. The van der Waals surface area contributed by atoms with Gasteiger partial charge in [0.1, 0.15) is 16.9 Å². The fraction of sp³-hybridized carbons (Fsp3) is 0.0588. The van der Waals surface area contributed by atoms with Crippen molar-refractivity contribution in [1.29, 1.82) is 0 Å². The van der Waals surface area contributed by atoms with Gasteiger partial charge in [-0.2, -0.15) is 5.10 Å². The van der Waals surface area contributed by atoms with Crippen LogP contribution in [0.25, 0.3) is 28.2 Å². The summed E-state index contributed by atoms with van der Waals surface area (Å²) in [5, 5.41) is 8.94. The van der Waals surface area contributed by atoms with Gasteiger partial charge in [-0.3, -0.25) is 0 Å². The molecular weight excluding hydrogens is 395 g/mol. The van der Waals surface area contributed by atoms with E-state index in [1.807, 2.05) is 0 Å². The standard InChI is InChI=1S/C17H12F3N5O2S/c18-11-2-1-3-12-15(11)23-17(22-12)14-8-13(16(19)20)24-25(14)9-4-6-10(7-5-9)28(21,26)27/h1-8,16H,(H,22,23)(H2,21,26,27). The average Bonchev–Trinajstić information content (AvgIpc) is 3.26. The highest BCUT2D eigenvalue weighted by Crippen LogP contribution is 2.29. The molecule has 2 aromatic heterocycles. The molecular formula is C17H12F3N5O2S. The number of imidazole rings is 1. The smallest absolute Gasteiger partial charge is 0.282 e. The number of benzene rings is 2. The van der Waals surface area contributed by atoms with Crippen LogP contribution >= 0.6 is 0 Å². The predicted molar refractivity (Wildman–Crippen MR) is 94.9 cm³/mol. The van der Waals surface area contributed by atoms with Crippen LogP contribution in [0.4, 0.5) is 13.2 Å². The van der Waals surface area contributed by atoms with Crippen molar-refractivity contribution < 1.29 is 21.6 Å². The van der Waals surface area contributed by atoms with Crippen LogP contribution in [0.5, 0.6) is 0 Å². The molecule has 3 N–H and O–H groups in total. The zero-order valence-electron chi connectivity index (χ0n) is 14.0. The van der Waals surface area contributed by atoms with Gasteiger partial charge in [-0.05, 0) is 42.5 Å². The number of para-hydroxylation sites is 1. The summed E-state index contributed by atoms with van der Waals surface area (Å²) >= 11 is 0. The third-order valence-corrected chi connectivity index (χ3v) is 5.00. The van der Waals surface area contributed by atoms with Gasteiger partial charge in [0.15, 0.2) is 11.6 Å². The minimum Gasteiger partial charge on any atom is -0.337 e. The maximum Gasteiger partial charge on any atom is 0.282 e. The van der Waals surface area contributed by atoms with Crippen LogP contribution in [0.3, 0.4) is 0 Å². The van der Waals surface area contributed by atoms with Crippen molar-refractivity contribution in [3.05, 3.63) is 60.0 Å². The number of hydrogen-bond acceptors (Lipinski definition) is 4. The lowest BCUT2D eigenvalue weighted by atomic mass is 10.3. The minimum absolute atomic E-state index is 0.0634. The first kappa shape index (κ1) is 18.2. The molecule has 4 aromatic rings. The topological polar surface area (TPSA) is 107 Å². The molecule has 0 bridgehead atoms. The highest BCUT2D eigenvalue weighted by Gasteiger charge is 2.21. The summed E-state index contributed by atoms with van der Waals surface area (Å²) in [5.74, 6) is -0.423. The van der Waals surface area contributed by atoms with Crippen molar-refractivity contribution in [2.24, 2.45) is 5.14 Å². The Kier molecular flexibility index (Phi) is 4.20. The molecule has 7 nitrogen and oxygen atoms in total. The van der Waals surface area contributed by atoms with E-state index in [0.29, 0.717) is 11.2 Å². The molecule has 0 saturated heterocycles. The fourth-order valence-electron chi connectivity index (χ4n) is 2.77. The Hall–Kier alpha value is -3.18. The lowest BCUT2D eigenvalue weighted by Gasteiger charge is -2.06. The van der Waals surface area contributed by atoms with E-state index >= 15 is 0 Å². The van der Waals surface area contributed by atoms with Crippen LogP contribution in [0, 0.1) is 5.82 Å². The minimum atomic E-state index is -3.90. The highest BCUT2D eigenvalue weighted by atomic mass is 32.2. The van der Waals surface area contributed by atoms with Crippen molar-refractivity contribution in [2.45, 2.75) is 11.3 Å². The number of nitrogens with zero attached hydrogens (tertiary/aromatic N) is 3. The number of hydrogen-bond donors (Lipinski definition) is 2. The maximum absolute atomic E-state index is 13.9. The molecule has 0 aliphatic rings. The number of nitrogens with one attached hydrogen (secondary N) is 1. The number of sulfonamides is 1. The molecule has 0 fully saturated rings. The Labute approximate surface area is 156 Å². The Balaban J connectivity index is 1.89. The van der Waals surface area contributed by atoms with Crippen molar-refractivity contribution in [1.82, 2.24) is 19.7 Å². The molecule has 4 rings (SSSR count). The molecule has 11 heteroatoms. The van der Waals surface area contributed by atoms with Crippen LogP contribution in [-0.2, 0) is 10.0 Å². The molecule has 0 atom stereocenters. The third-order valence-electron chi connectivity index (χ3n) is 4.07. The van der Waals surface area contributed by atoms with Crippen LogP contribution in [-0.4, -0.2) is 28.2 Å². The zero-order chi connectivity index (χ0) is 20.1. The largest absolute Gasteiger partial charge is 0.337 e. The number of primary sulfonamides is 1. The van der Waals surface area contributed by atoms with Crippen LogP contribution < -0.4 is 5.14 Å². The molecule has 144 valence electrons. The number of aromatic amines is 1. The zero-order valence-corrected chi connectivity index (χ0v) is 14.8. The first-order valence-electron chi connectivity index (χ1n) is 7.90. The third kappa shape index (κ3) is 3.14. The molecule has 2 aromatic carbocycles. The second kappa shape index (κ2) is 6.46. The van der Waals surface area contributed by atoms with E-state index in [1.54, 1.807) is 6.07 Å². The van der Waals surface area contributed by atoms with Crippen molar-refractivity contribution in [2.75, 3.05) is 0 Å². The normalized spacial score (nSPS) is 12.2. The fourth-order valence-corrected chi connectivity index (χ4v) is 3.28. The number of aromatic nitrogens is 4. The van der Waals surface area contributed by atoms with E-state index in [1.165, 1.54) is 41.1 Å². The summed E-state index contributed by atoms with van der Waals surface area (Å²) in [4.78, 5) is 6.89. The molecule has 0 saturated carbocycles. The second-order valence-electron chi connectivity index (χ2n) is 5.93. The summed E-state index contributed by atoms with van der Waals surface area (Å²) in [7, 11) is -3.90. The van der Waals surface area contributed by atoms with Gasteiger partial charge in [-0.15, -0.1) is 0 Å². The highest BCUT2D eigenvalue weighted by molar-refractivity contribution is 7.89. The van der Waals surface area contributed by atoms with Gasteiger partial charge in [-0.25, -0.2) is 36.4 Å². The SMILES string of the molecule is NS(=O)(=O)c1ccc(-n2nc(C(F)F)cc2-c2nc3c(F)cccc3[nH]2)cc1. The van der Waals surface area contributed by atoms with E-state index in [9.17, 15) is 21.6 Å². The van der Waals surface area contributed by atoms with Gasteiger partial charge in [0, 0.05) is 0 Å². The number of nitrogens with two attached hydrogens (primary N) is 1. The van der Waals surface area contributed by atoms with Crippen LogP contribution in [0.15, 0.2) is 53.4 Å². The summed E-state index contributed by atoms with van der Waals surface area (Å²) in [6.45, 7) is 0. The summed E-state index contributed by atoms with van der Waals surface area (Å²) in [6, 6.07) is 10.7. The predicted octanol–water partition coefficient (Wildman–Crippen LogP) is 3.14. The van der Waals surface area contributed by atoms with E-state index in [4.69, 9.17) is 5.14 Å².